The first-order valence-electron chi connectivity index (χ1n) is 7.85. The fraction of sp³-hybridized carbons (Fsp3) is 0.222. The first-order valence-corrected chi connectivity index (χ1v) is 7.85. The maximum absolute atomic E-state index is 13.1. The fourth-order valence-corrected chi connectivity index (χ4v) is 2.37. The molecule has 0 aliphatic carbocycles. The maximum Gasteiger partial charge on any atom is 0.251 e. The van der Waals surface area contributed by atoms with Crippen LogP contribution in [0.5, 0.6) is 11.5 Å². The van der Waals surface area contributed by atoms with Gasteiger partial charge < -0.3 is 20.1 Å². The molecule has 0 fully saturated rings. The topological polar surface area (TPSA) is 76.7 Å². The second-order valence-electron chi connectivity index (χ2n) is 5.42. The highest BCUT2D eigenvalue weighted by molar-refractivity contribution is 5.95. The van der Waals surface area contributed by atoms with Gasteiger partial charge >= 0.3 is 0 Å². The van der Waals surface area contributed by atoms with E-state index in [9.17, 15) is 14.0 Å². The summed E-state index contributed by atoms with van der Waals surface area (Å²) < 4.78 is 23.9. The van der Waals surface area contributed by atoms with Crippen LogP contribution >= 0.6 is 0 Å². The number of nitrogens with one attached hydrogen (secondary N) is 2. The molecule has 2 N–H and O–H groups in total. The largest absolute Gasteiger partial charge is 0.486 e. The van der Waals surface area contributed by atoms with Crippen LogP contribution in [0, 0.1) is 5.82 Å². The quantitative estimate of drug-likeness (QED) is 0.873. The van der Waals surface area contributed by atoms with Gasteiger partial charge in [-0.15, -0.1) is 0 Å². The second kappa shape index (κ2) is 7.65. The molecule has 7 heteroatoms. The lowest BCUT2D eigenvalue weighted by Crippen LogP contribution is -2.27. The average Bonchev–Trinajstić information content (AvgIpc) is 2.61. The molecule has 2 amide bonds. The van der Waals surface area contributed by atoms with Crippen molar-refractivity contribution >= 4 is 17.5 Å². The molecule has 130 valence electrons. The SMILES string of the molecule is O=C(CCNC(=O)c1cccc(F)c1)Nc1ccc2c(c1)OCCO2. The zero-order valence-corrected chi connectivity index (χ0v) is 13.4. The third kappa shape index (κ3) is 4.47. The summed E-state index contributed by atoms with van der Waals surface area (Å²) in [5.74, 6) is 0.0712. The average molecular weight is 344 g/mol. The van der Waals surface area contributed by atoms with E-state index in [1.54, 1.807) is 18.2 Å². The number of rotatable bonds is 5. The molecule has 1 aliphatic rings. The summed E-state index contributed by atoms with van der Waals surface area (Å²) in [6, 6.07) is 10.5. The van der Waals surface area contributed by atoms with Gasteiger partial charge in [-0.05, 0) is 30.3 Å². The van der Waals surface area contributed by atoms with Crippen molar-refractivity contribution in [2.45, 2.75) is 6.42 Å². The minimum absolute atomic E-state index is 0.0928. The van der Waals surface area contributed by atoms with Crippen LogP contribution in [0.1, 0.15) is 16.8 Å². The van der Waals surface area contributed by atoms with Gasteiger partial charge in [0.25, 0.3) is 5.91 Å². The van der Waals surface area contributed by atoms with Gasteiger partial charge in [-0.1, -0.05) is 6.07 Å². The standard InChI is InChI=1S/C18H17FN2O4/c19-13-3-1-2-12(10-13)18(23)20-7-6-17(22)21-14-4-5-15-16(11-14)25-9-8-24-15/h1-5,10-11H,6-9H2,(H,20,23)(H,21,22). The van der Waals surface area contributed by atoms with Crippen LogP contribution in [0.3, 0.4) is 0 Å². The van der Waals surface area contributed by atoms with Crippen LogP contribution < -0.4 is 20.1 Å². The van der Waals surface area contributed by atoms with E-state index >= 15 is 0 Å². The van der Waals surface area contributed by atoms with E-state index in [-0.39, 0.29) is 24.4 Å². The van der Waals surface area contributed by atoms with Crippen molar-refractivity contribution in [1.82, 2.24) is 5.32 Å². The highest BCUT2D eigenvalue weighted by Gasteiger charge is 2.13. The van der Waals surface area contributed by atoms with Crippen LogP contribution in [0.25, 0.3) is 0 Å². The number of fused-ring (bicyclic) bond motifs is 1. The monoisotopic (exact) mass is 344 g/mol. The Labute approximate surface area is 143 Å². The number of carbonyl (C=O) groups is 2. The lowest BCUT2D eigenvalue weighted by molar-refractivity contribution is -0.116. The van der Waals surface area contributed by atoms with Gasteiger partial charge in [0.1, 0.15) is 19.0 Å². The first kappa shape index (κ1) is 16.8. The zero-order valence-electron chi connectivity index (χ0n) is 13.4. The summed E-state index contributed by atoms with van der Waals surface area (Å²) in [4.78, 5) is 23.8. The zero-order chi connectivity index (χ0) is 17.6. The number of anilines is 1. The van der Waals surface area contributed by atoms with Crippen LogP contribution in [-0.2, 0) is 4.79 Å². The van der Waals surface area contributed by atoms with E-state index in [0.717, 1.165) is 6.07 Å². The Kier molecular flexibility index (Phi) is 5.13. The van der Waals surface area contributed by atoms with E-state index < -0.39 is 11.7 Å². The molecule has 6 nitrogen and oxygen atoms in total. The predicted molar refractivity (Wildman–Crippen MR) is 89.4 cm³/mol. The van der Waals surface area contributed by atoms with Crippen LogP contribution in [0.4, 0.5) is 10.1 Å². The summed E-state index contributed by atoms with van der Waals surface area (Å²) in [7, 11) is 0. The molecule has 1 heterocycles. The summed E-state index contributed by atoms with van der Waals surface area (Å²) in [5.41, 5.74) is 0.804. The summed E-state index contributed by atoms with van der Waals surface area (Å²) in [5, 5.41) is 5.31. The molecular weight excluding hydrogens is 327 g/mol. The van der Waals surface area contributed by atoms with Crippen molar-refractivity contribution < 1.29 is 23.5 Å². The Morgan fingerprint density at radius 2 is 1.84 bits per heavy atom. The van der Waals surface area contributed by atoms with Gasteiger partial charge in [0.05, 0.1) is 0 Å². The molecule has 2 aromatic carbocycles. The van der Waals surface area contributed by atoms with Crippen molar-refractivity contribution in [1.29, 1.82) is 0 Å². The van der Waals surface area contributed by atoms with Crippen molar-refractivity contribution in [3.8, 4) is 11.5 Å². The highest BCUT2D eigenvalue weighted by atomic mass is 19.1. The van der Waals surface area contributed by atoms with Crippen molar-refractivity contribution in [2.24, 2.45) is 0 Å². The molecule has 0 atom stereocenters. The number of benzene rings is 2. The van der Waals surface area contributed by atoms with Crippen molar-refractivity contribution in [2.75, 3.05) is 25.1 Å². The number of carbonyl (C=O) groups excluding carboxylic acids is 2. The first-order chi connectivity index (χ1) is 12.1. The van der Waals surface area contributed by atoms with Crippen molar-refractivity contribution in [3.05, 3.63) is 53.8 Å². The molecule has 0 radical (unpaired) electrons. The van der Waals surface area contributed by atoms with Crippen LogP contribution in [0.15, 0.2) is 42.5 Å². The van der Waals surface area contributed by atoms with E-state index in [1.165, 1.54) is 18.2 Å². The number of halogens is 1. The molecule has 0 aromatic heterocycles. The van der Waals surface area contributed by atoms with Crippen molar-refractivity contribution in [3.63, 3.8) is 0 Å². The molecule has 25 heavy (non-hydrogen) atoms. The van der Waals surface area contributed by atoms with E-state index in [2.05, 4.69) is 10.6 Å². The number of amides is 2. The number of ether oxygens (including phenoxy) is 2. The second-order valence-corrected chi connectivity index (χ2v) is 5.42. The van der Waals surface area contributed by atoms with Gasteiger partial charge in [0.15, 0.2) is 11.5 Å². The van der Waals surface area contributed by atoms with E-state index in [0.29, 0.717) is 30.4 Å². The fourth-order valence-electron chi connectivity index (χ4n) is 2.37. The normalized spacial score (nSPS) is 12.4. The Morgan fingerprint density at radius 3 is 2.64 bits per heavy atom. The smallest absolute Gasteiger partial charge is 0.251 e. The lowest BCUT2D eigenvalue weighted by atomic mass is 10.2. The molecular formula is C18H17FN2O4. The molecule has 0 saturated carbocycles. The molecule has 1 aliphatic heterocycles. The third-order valence-corrected chi connectivity index (χ3v) is 3.55. The maximum atomic E-state index is 13.1. The van der Waals surface area contributed by atoms with Gasteiger partial charge in [-0.2, -0.15) is 0 Å². The number of hydrogen-bond acceptors (Lipinski definition) is 4. The third-order valence-electron chi connectivity index (χ3n) is 3.55. The Morgan fingerprint density at radius 1 is 1.04 bits per heavy atom. The molecule has 0 spiro atoms. The lowest BCUT2D eigenvalue weighted by Gasteiger charge is -2.19. The molecule has 3 rings (SSSR count). The van der Waals surface area contributed by atoms with Crippen LogP contribution in [-0.4, -0.2) is 31.6 Å². The van der Waals surface area contributed by atoms with E-state index in [1.807, 2.05) is 0 Å². The minimum Gasteiger partial charge on any atom is -0.486 e. The molecule has 0 bridgehead atoms. The molecule has 0 saturated heterocycles. The van der Waals surface area contributed by atoms with Gasteiger partial charge in [0, 0.05) is 30.3 Å². The Hall–Kier alpha value is -3.09. The molecule has 0 unspecified atom stereocenters. The summed E-state index contributed by atoms with van der Waals surface area (Å²) in [6.45, 7) is 1.12. The number of hydrogen-bond donors (Lipinski definition) is 2. The van der Waals surface area contributed by atoms with Gasteiger partial charge in [-0.25, -0.2) is 4.39 Å². The predicted octanol–water partition coefficient (Wildman–Crippen LogP) is 2.36. The molecule has 2 aromatic rings. The van der Waals surface area contributed by atoms with Gasteiger partial charge in [0.2, 0.25) is 5.91 Å². The van der Waals surface area contributed by atoms with Crippen LogP contribution in [0.2, 0.25) is 0 Å². The minimum atomic E-state index is -0.482. The Bertz CT molecular complexity index is 794. The van der Waals surface area contributed by atoms with E-state index in [4.69, 9.17) is 9.47 Å². The highest BCUT2D eigenvalue weighted by Crippen LogP contribution is 2.32. The summed E-state index contributed by atoms with van der Waals surface area (Å²) >= 11 is 0. The Balaban J connectivity index is 1.47. The summed E-state index contributed by atoms with van der Waals surface area (Å²) in [6.07, 6.45) is 0.0928. The van der Waals surface area contributed by atoms with Gasteiger partial charge in [-0.3, -0.25) is 9.59 Å².